The van der Waals surface area contributed by atoms with Crippen LogP contribution in [0.15, 0.2) is 23.7 Å². The van der Waals surface area contributed by atoms with E-state index < -0.39 is 0 Å². The smallest absolute Gasteiger partial charge is 0.123 e. The Morgan fingerprint density at radius 1 is 1.47 bits per heavy atom. The maximum absolute atomic E-state index is 13.5. The highest BCUT2D eigenvalue weighted by molar-refractivity contribution is 5.70. The normalized spacial score (nSPS) is 11.4. The molecule has 0 aliphatic carbocycles. The number of nitrogens with one attached hydrogen (secondary N) is 2. The molecule has 1 rings (SSSR count). The topological polar surface area (TPSA) is 27.8 Å². The zero-order chi connectivity index (χ0) is 11.4. The molecule has 0 aliphatic rings. The minimum atomic E-state index is -0.228. The van der Waals surface area contributed by atoms with Crippen molar-refractivity contribution in [3.05, 3.63) is 34.9 Å². The van der Waals surface area contributed by atoms with E-state index in [-0.39, 0.29) is 5.83 Å². The second kappa shape index (κ2) is 4.82. The molecule has 0 radical (unpaired) electrons. The largest absolute Gasteiger partial charge is 0.386 e. The number of hydrogen-bond donors (Lipinski definition) is 2. The monoisotopic (exact) mass is 208 g/mol. The van der Waals surface area contributed by atoms with Crippen molar-refractivity contribution in [2.45, 2.75) is 20.8 Å². The molecule has 0 aliphatic heterocycles. The highest BCUT2D eigenvalue weighted by Gasteiger charge is 2.04. The number of aromatic amines is 1. The Labute approximate surface area is 89.9 Å². The quantitative estimate of drug-likeness (QED) is 0.729. The number of hydrogen-bond acceptors (Lipinski definition) is 1. The fourth-order valence-corrected chi connectivity index (χ4v) is 1.39. The van der Waals surface area contributed by atoms with E-state index in [0.29, 0.717) is 0 Å². The Balaban J connectivity index is 3.06. The lowest BCUT2D eigenvalue weighted by molar-refractivity contribution is 0.672. The van der Waals surface area contributed by atoms with Gasteiger partial charge in [0.1, 0.15) is 5.83 Å². The third-order valence-electron chi connectivity index (χ3n) is 2.11. The van der Waals surface area contributed by atoms with Gasteiger partial charge in [0.2, 0.25) is 0 Å². The van der Waals surface area contributed by atoms with Gasteiger partial charge in [-0.3, -0.25) is 0 Å². The average molecular weight is 208 g/mol. The van der Waals surface area contributed by atoms with Gasteiger partial charge >= 0.3 is 0 Å². The molecule has 1 heterocycles. The lowest BCUT2D eigenvalue weighted by atomic mass is 10.2. The van der Waals surface area contributed by atoms with E-state index in [0.717, 1.165) is 22.5 Å². The summed E-state index contributed by atoms with van der Waals surface area (Å²) in [4.78, 5) is 3.05. The van der Waals surface area contributed by atoms with E-state index >= 15 is 0 Å². The lowest BCUT2D eigenvalue weighted by Crippen LogP contribution is -1.88. The Bertz CT molecular complexity index is 396. The zero-order valence-electron chi connectivity index (χ0n) is 9.61. The predicted molar refractivity (Wildman–Crippen MR) is 63.6 cm³/mol. The molecule has 1 aromatic heterocycles. The van der Waals surface area contributed by atoms with Crippen LogP contribution in [0, 0.1) is 6.92 Å². The molecule has 1 aromatic rings. The van der Waals surface area contributed by atoms with Crippen molar-refractivity contribution < 1.29 is 4.39 Å². The van der Waals surface area contributed by atoms with Gasteiger partial charge in [-0.05, 0) is 32.9 Å². The number of aromatic nitrogens is 1. The fourth-order valence-electron chi connectivity index (χ4n) is 1.39. The summed E-state index contributed by atoms with van der Waals surface area (Å²) in [6.45, 7) is 5.66. The number of halogens is 1. The van der Waals surface area contributed by atoms with Gasteiger partial charge < -0.3 is 10.3 Å². The third-order valence-corrected chi connectivity index (χ3v) is 2.11. The van der Waals surface area contributed by atoms with Crippen LogP contribution in [-0.2, 0) is 0 Å². The lowest BCUT2D eigenvalue weighted by Gasteiger charge is -1.99. The summed E-state index contributed by atoms with van der Waals surface area (Å²) in [5.41, 5.74) is 3.68. The summed E-state index contributed by atoms with van der Waals surface area (Å²) in [6.07, 6.45) is 4.88. The second-order valence-electron chi connectivity index (χ2n) is 3.74. The zero-order valence-corrected chi connectivity index (χ0v) is 9.61. The van der Waals surface area contributed by atoms with E-state index in [1.807, 2.05) is 34.0 Å². The van der Waals surface area contributed by atoms with Crippen LogP contribution in [0.2, 0.25) is 0 Å². The maximum Gasteiger partial charge on any atom is 0.123 e. The molecule has 0 spiro atoms. The predicted octanol–water partition coefficient (Wildman–Crippen LogP) is 3.64. The van der Waals surface area contributed by atoms with Gasteiger partial charge in [0.25, 0.3) is 0 Å². The van der Waals surface area contributed by atoms with Crippen LogP contribution in [0.4, 0.5) is 10.1 Å². The summed E-state index contributed by atoms with van der Waals surface area (Å²) in [5.74, 6) is -0.228. The molecular weight excluding hydrogens is 191 g/mol. The Kier molecular flexibility index (Phi) is 3.72. The van der Waals surface area contributed by atoms with Crippen LogP contribution in [0.1, 0.15) is 25.1 Å². The molecule has 0 unspecified atom stereocenters. The minimum absolute atomic E-state index is 0.228. The highest BCUT2D eigenvalue weighted by Crippen LogP contribution is 2.22. The molecule has 82 valence electrons. The summed E-state index contributed by atoms with van der Waals surface area (Å²) >= 11 is 0. The van der Waals surface area contributed by atoms with Crippen LogP contribution in [0.25, 0.3) is 6.08 Å². The van der Waals surface area contributed by atoms with Gasteiger partial charge in [-0.25, -0.2) is 4.39 Å². The fraction of sp³-hybridized carbons (Fsp3) is 0.333. The van der Waals surface area contributed by atoms with Crippen molar-refractivity contribution >= 4 is 11.8 Å². The van der Waals surface area contributed by atoms with Gasteiger partial charge in [0.15, 0.2) is 0 Å². The van der Waals surface area contributed by atoms with E-state index in [2.05, 4.69) is 10.3 Å². The molecule has 3 heteroatoms. The third kappa shape index (κ3) is 2.98. The van der Waals surface area contributed by atoms with Crippen molar-refractivity contribution in [3.63, 3.8) is 0 Å². The van der Waals surface area contributed by atoms with Gasteiger partial charge in [-0.1, -0.05) is 5.57 Å². The summed E-state index contributed by atoms with van der Waals surface area (Å²) in [6, 6.07) is 0. The summed E-state index contributed by atoms with van der Waals surface area (Å²) < 4.78 is 13.5. The van der Waals surface area contributed by atoms with Crippen molar-refractivity contribution in [2.75, 3.05) is 12.4 Å². The summed E-state index contributed by atoms with van der Waals surface area (Å²) in [5, 5.41) is 3.01. The first-order valence-corrected chi connectivity index (χ1v) is 4.92. The van der Waals surface area contributed by atoms with Crippen LogP contribution >= 0.6 is 0 Å². The van der Waals surface area contributed by atoms with Crippen molar-refractivity contribution in [3.8, 4) is 0 Å². The maximum atomic E-state index is 13.5. The minimum Gasteiger partial charge on any atom is -0.386 e. The molecule has 0 atom stereocenters. The SMILES string of the molecule is CNc1c[nH]c(C)c1/C=C(/F)C=C(C)C. The van der Waals surface area contributed by atoms with Crippen LogP contribution in [-0.4, -0.2) is 12.0 Å². The first kappa shape index (κ1) is 11.6. The molecule has 0 bridgehead atoms. The number of aryl methyl sites for hydroxylation is 1. The van der Waals surface area contributed by atoms with Gasteiger partial charge in [0.05, 0.1) is 5.69 Å². The van der Waals surface area contributed by atoms with E-state index in [4.69, 9.17) is 0 Å². The standard InChI is InChI=1S/C12H17FN2/c1-8(2)5-10(13)6-11-9(3)15-7-12(11)14-4/h5-7,14-15H,1-4H3/b10-6+. The Hall–Kier alpha value is -1.51. The first-order valence-electron chi connectivity index (χ1n) is 4.92. The molecule has 2 N–H and O–H groups in total. The summed E-state index contributed by atoms with van der Waals surface area (Å²) in [7, 11) is 1.82. The van der Waals surface area contributed by atoms with E-state index in [1.54, 1.807) is 0 Å². The number of allylic oxidation sites excluding steroid dienone is 3. The highest BCUT2D eigenvalue weighted by atomic mass is 19.1. The Morgan fingerprint density at radius 2 is 2.13 bits per heavy atom. The van der Waals surface area contributed by atoms with Crippen LogP contribution < -0.4 is 5.32 Å². The van der Waals surface area contributed by atoms with E-state index in [9.17, 15) is 4.39 Å². The molecule has 0 saturated heterocycles. The van der Waals surface area contributed by atoms with Gasteiger partial charge in [-0.2, -0.15) is 0 Å². The molecule has 0 saturated carbocycles. The second-order valence-corrected chi connectivity index (χ2v) is 3.74. The average Bonchev–Trinajstić information content (AvgIpc) is 2.46. The van der Waals surface area contributed by atoms with Gasteiger partial charge in [-0.15, -0.1) is 0 Å². The number of rotatable bonds is 3. The molecular formula is C12H17FN2. The molecule has 0 amide bonds. The van der Waals surface area contributed by atoms with Crippen LogP contribution in [0.3, 0.4) is 0 Å². The number of H-pyrrole nitrogens is 1. The molecule has 0 aromatic carbocycles. The first-order chi connectivity index (χ1) is 7.04. The van der Waals surface area contributed by atoms with Crippen molar-refractivity contribution in [1.29, 1.82) is 0 Å². The van der Waals surface area contributed by atoms with Crippen molar-refractivity contribution in [1.82, 2.24) is 4.98 Å². The molecule has 15 heavy (non-hydrogen) atoms. The molecule has 2 nitrogen and oxygen atoms in total. The van der Waals surface area contributed by atoms with E-state index in [1.165, 1.54) is 12.2 Å². The molecule has 0 fully saturated rings. The Morgan fingerprint density at radius 3 is 2.67 bits per heavy atom. The van der Waals surface area contributed by atoms with Crippen molar-refractivity contribution in [2.24, 2.45) is 0 Å². The van der Waals surface area contributed by atoms with Gasteiger partial charge in [0, 0.05) is 24.5 Å². The van der Waals surface area contributed by atoms with Crippen LogP contribution in [0.5, 0.6) is 0 Å². The number of anilines is 1.